The summed E-state index contributed by atoms with van der Waals surface area (Å²) >= 11 is 1.64. The Hall–Kier alpha value is -1.17. The highest BCUT2D eigenvalue weighted by Gasteiger charge is 2.12. The van der Waals surface area contributed by atoms with Crippen LogP contribution >= 0.6 is 35.3 Å². The van der Waals surface area contributed by atoms with Gasteiger partial charge in [0.25, 0.3) is 0 Å². The van der Waals surface area contributed by atoms with E-state index in [1.807, 2.05) is 18.4 Å². The van der Waals surface area contributed by atoms with Gasteiger partial charge in [0.1, 0.15) is 0 Å². The summed E-state index contributed by atoms with van der Waals surface area (Å²) in [5.41, 5.74) is 2.21. The molecule has 0 atom stereocenters. The SMILES string of the molecule is CN=C(NCCNS(=O)(=O)c1ccc(C)cc1)NCc1ccsc1.I. The van der Waals surface area contributed by atoms with Crippen LogP contribution in [0.2, 0.25) is 0 Å². The zero-order valence-electron chi connectivity index (χ0n) is 14.2. The first-order valence-electron chi connectivity index (χ1n) is 7.53. The average molecular weight is 494 g/mol. The second-order valence-electron chi connectivity index (χ2n) is 5.19. The van der Waals surface area contributed by atoms with Gasteiger partial charge in [0.2, 0.25) is 10.0 Å². The van der Waals surface area contributed by atoms with Crippen LogP contribution in [0.4, 0.5) is 0 Å². The number of thiophene rings is 1. The van der Waals surface area contributed by atoms with E-state index >= 15 is 0 Å². The van der Waals surface area contributed by atoms with Crippen LogP contribution in [0, 0.1) is 6.92 Å². The maximum atomic E-state index is 12.2. The van der Waals surface area contributed by atoms with Crippen molar-refractivity contribution in [3.05, 3.63) is 52.2 Å². The fourth-order valence-electron chi connectivity index (χ4n) is 1.97. The van der Waals surface area contributed by atoms with Crippen LogP contribution in [0.1, 0.15) is 11.1 Å². The Balaban J connectivity index is 0.00000312. The molecule has 0 saturated carbocycles. The van der Waals surface area contributed by atoms with Crippen LogP contribution in [-0.2, 0) is 16.6 Å². The number of hydrogen-bond acceptors (Lipinski definition) is 4. The van der Waals surface area contributed by atoms with E-state index < -0.39 is 10.0 Å². The molecular formula is C16H23IN4O2S2. The molecule has 2 rings (SSSR count). The summed E-state index contributed by atoms with van der Waals surface area (Å²) in [4.78, 5) is 4.38. The maximum absolute atomic E-state index is 12.2. The van der Waals surface area contributed by atoms with Gasteiger partial charge in [-0.25, -0.2) is 13.1 Å². The third kappa shape index (κ3) is 7.30. The molecule has 1 aromatic carbocycles. The van der Waals surface area contributed by atoms with E-state index in [2.05, 4.69) is 25.7 Å². The number of aliphatic imine (C=N–C) groups is 1. The molecule has 0 radical (unpaired) electrons. The Morgan fingerprint density at radius 3 is 2.44 bits per heavy atom. The van der Waals surface area contributed by atoms with Crippen LogP contribution < -0.4 is 15.4 Å². The largest absolute Gasteiger partial charge is 0.355 e. The Labute approximate surface area is 170 Å². The molecule has 1 heterocycles. The van der Waals surface area contributed by atoms with E-state index in [9.17, 15) is 8.42 Å². The minimum Gasteiger partial charge on any atom is -0.355 e. The van der Waals surface area contributed by atoms with Gasteiger partial charge in [-0.1, -0.05) is 17.7 Å². The molecule has 0 aliphatic rings. The van der Waals surface area contributed by atoms with Crippen molar-refractivity contribution < 1.29 is 8.42 Å². The van der Waals surface area contributed by atoms with E-state index in [0.717, 1.165) is 5.56 Å². The van der Waals surface area contributed by atoms with Crippen molar-refractivity contribution in [1.82, 2.24) is 15.4 Å². The number of aryl methyl sites for hydroxylation is 1. The molecule has 0 spiro atoms. The number of sulfonamides is 1. The van der Waals surface area contributed by atoms with Gasteiger partial charge in [0, 0.05) is 26.7 Å². The molecule has 3 N–H and O–H groups in total. The first-order valence-corrected chi connectivity index (χ1v) is 9.96. The number of guanidine groups is 1. The number of rotatable bonds is 7. The predicted molar refractivity (Wildman–Crippen MR) is 114 cm³/mol. The van der Waals surface area contributed by atoms with Gasteiger partial charge in [-0.2, -0.15) is 11.3 Å². The standard InChI is InChI=1S/C16H22N4O2S2.HI/c1-13-3-5-15(6-4-13)24(21,22)20-9-8-18-16(17-2)19-11-14-7-10-23-12-14;/h3-7,10,12,20H,8-9,11H2,1-2H3,(H2,17,18,19);1H. The second-order valence-corrected chi connectivity index (χ2v) is 7.74. The normalized spacial score (nSPS) is 11.7. The van der Waals surface area contributed by atoms with Crippen molar-refractivity contribution in [2.75, 3.05) is 20.1 Å². The smallest absolute Gasteiger partial charge is 0.240 e. The predicted octanol–water partition coefficient (Wildman–Crippen LogP) is 2.32. The average Bonchev–Trinajstić information content (AvgIpc) is 3.08. The maximum Gasteiger partial charge on any atom is 0.240 e. The molecule has 0 aliphatic heterocycles. The Morgan fingerprint density at radius 2 is 1.84 bits per heavy atom. The molecule has 9 heteroatoms. The third-order valence-corrected chi connectivity index (χ3v) is 5.51. The van der Waals surface area contributed by atoms with Crippen LogP contribution in [0.5, 0.6) is 0 Å². The minimum absolute atomic E-state index is 0. The summed E-state index contributed by atoms with van der Waals surface area (Å²) in [7, 11) is -1.80. The Kier molecular flexibility index (Phi) is 9.39. The van der Waals surface area contributed by atoms with Crippen LogP contribution in [0.3, 0.4) is 0 Å². The van der Waals surface area contributed by atoms with Crippen LogP contribution in [0.25, 0.3) is 0 Å². The molecule has 6 nitrogen and oxygen atoms in total. The third-order valence-electron chi connectivity index (χ3n) is 3.30. The van der Waals surface area contributed by atoms with E-state index in [4.69, 9.17) is 0 Å². The molecule has 0 fully saturated rings. The lowest BCUT2D eigenvalue weighted by Crippen LogP contribution is -2.41. The molecule has 0 unspecified atom stereocenters. The van der Waals surface area contributed by atoms with Crippen molar-refractivity contribution in [2.24, 2.45) is 4.99 Å². The van der Waals surface area contributed by atoms with Crippen molar-refractivity contribution in [1.29, 1.82) is 0 Å². The Morgan fingerprint density at radius 1 is 1.12 bits per heavy atom. The minimum atomic E-state index is -3.48. The summed E-state index contributed by atoms with van der Waals surface area (Å²) in [6, 6.07) is 8.81. The van der Waals surface area contributed by atoms with Crippen LogP contribution in [0.15, 0.2) is 51.0 Å². The van der Waals surface area contributed by atoms with E-state index in [-0.39, 0.29) is 35.4 Å². The fourth-order valence-corrected chi connectivity index (χ4v) is 3.67. The summed E-state index contributed by atoms with van der Waals surface area (Å²) in [6.45, 7) is 3.31. The Bertz CT molecular complexity index is 760. The van der Waals surface area contributed by atoms with Crippen molar-refractivity contribution in [2.45, 2.75) is 18.4 Å². The van der Waals surface area contributed by atoms with Gasteiger partial charge >= 0.3 is 0 Å². The lowest BCUT2D eigenvalue weighted by molar-refractivity contribution is 0.580. The van der Waals surface area contributed by atoms with Gasteiger partial charge in [0.15, 0.2) is 5.96 Å². The number of hydrogen-bond donors (Lipinski definition) is 3. The molecule has 0 amide bonds. The molecular weight excluding hydrogens is 471 g/mol. The summed E-state index contributed by atoms with van der Waals surface area (Å²) in [6.07, 6.45) is 0. The van der Waals surface area contributed by atoms with Gasteiger partial charge in [0.05, 0.1) is 4.90 Å². The topological polar surface area (TPSA) is 82.6 Å². The van der Waals surface area contributed by atoms with Crippen LogP contribution in [-0.4, -0.2) is 34.5 Å². The fraction of sp³-hybridized carbons (Fsp3) is 0.312. The molecule has 138 valence electrons. The van der Waals surface area contributed by atoms with Crippen molar-refractivity contribution in [3.63, 3.8) is 0 Å². The van der Waals surface area contributed by atoms with Crippen molar-refractivity contribution >= 4 is 51.3 Å². The lowest BCUT2D eigenvalue weighted by atomic mass is 10.2. The van der Waals surface area contributed by atoms with E-state index in [1.165, 1.54) is 5.56 Å². The first-order chi connectivity index (χ1) is 11.5. The van der Waals surface area contributed by atoms with Gasteiger partial charge in [-0.05, 0) is 41.4 Å². The molecule has 1 aromatic heterocycles. The lowest BCUT2D eigenvalue weighted by Gasteiger charge is -2.12. The quantitative estimate of drug-likeness (QED) is 0.239. The summed E-state index contributed by atoms with van der Waals surface area (Å²) < 4.78 is 26.9. The van der Waals surface area contributed by atoms with Gasteiger partial charge in [-0.15, -0.1) is 24.0 Å². The van der Waals surface area contributed by atoms with E-state index in [1.54, 1.807) is 42.6 Å². The highest BCUT2D eigenvalue weighted by Crippen LogP contribution is 2.09. The number of nitrogens with one attached hydrogen (secondary N) is 3. The highest BCUT2D eigenvalue weighted by molar-refractivity contribution is 14.0. The molecule has 0 bridgehead atoms. The van der Waals surface area contributed by atoms with Crippen molar-refractivity contribution in [3.8, 4) is 0 Å². The zero-order chi connectivity index (χ0) is 17.4. The highest BCUT2D eigenvalue weighted by atomic mass is 127. The molecule has 0 aliphatic carbocycles. The molecule has 0 saturated heterocycles. The summed E-state index contributed by atoms with van der Waals surface area (Å²) in [5.74, 6) is 0.635. The number of nitrogens with zero attached hydrogens (tertiary/aromatic N) is 1. The zero-order valence-corrected chi connectivity index (χ0v) is 18.1. The number of benzene rings is 1. The number of halogens is 1. The van der Waals surface area contributed by atoms with Gasteiger partial charge in [-0.3, -0.25) is 4.99 Å². The first kappa shape index (κ1) is 21.9. The molecule has 2 aromatic rings. The second kappa shape index (κ2) is 10.7. The summed E-state index contributed by atoms with van der Waals surface area (Å²) in [5, 5.41) is 10.3. The van der Waals surface area contributed by atoms with Gasteiger partial charge < -0.3 is 10.6 Å². The van der Waals surface area contributed by atoms with E-state index in [0.29, 0.717) is 19.0 Å². The molecule has 25 heavy (non-hydrogen) atoms. The monoisotopic (exact) mass is 494 g/mol.